The standard InChI is InChI=1S/C17H20N4O2S2/c1-10-18-13(9-24-10)15-5-11-7-21(4-3-14(11)25-15)17(23)19-12-6-16(22)20(2)8-12/h5,9,12H,3-4,6-8H2,1-2H3,(H,19,23). The van der Waals surface area contributed by atoms with Gasteiger partial charge in [0.1, 0.15) is 0 Å². The molecule has 1 atom stereocenters. The maximum Gasteiger partial charge on any atom is 0.318 e. The van der Waals surface area contributed by atoms with E-state index in [-0.39, 0.29) is 18.0 Å². The Hall–Kier alpha value is -1.93. The van der Waals surface area contributed by atoms with Gasteiger partial charge >= 0.3 is 6.03 Å². The lowest BCUT2D eigenvalue weighted by molar-refractivity contribution is -0.126. The number of thiophene rings is 1. The summed E-state index contributed by atoms with van der Waals surface area (Å²) in [6.07, 6.45) is 1.27. The zero-order valence-corrected chi connectivity index (χ0v) is 15.9. The van der Waals surface area contributed by atoms with Gasteiger partial charge in [0, 0.05) is 43.4 Å². The molecule has 6 nitrogen and oxygen atoms in total. The van der Waals surface area contributed by atoms with E-state index in [0.717, 1.165) is 17.1 Å². The predicted octanol–water partition coefficient (Wildman–Crippen LogP) is 2.48. The number of hydrogen-bond donors (Lipinski definition) is 1. The molecule has 25 heavy (non-hydrogen) atoms. The second-order valence-electron chi connectivity index (χ2n) is 6.61. The van der Waals surface area contributed by atoms with Gasteiger partial charge < -0.3 is 15.1 Å². The molecule has 0 bridgehead atoms. The first-order valence-corrected chi connectivity index (χ1v) is 10.0. The number of rotatable bonds is 2. The molecular formula is C17H20N4O2S2. The maximum absolute atomic E-state index is 12.5. The van der Waals surface area contributed by atoms with Crippen molar-refractivity contribution < 1.29 is 9.59 Å². The molecule has 2 aliphatic rings. The molecule has 0 radical (unpaired) electrons. The Morgan fingerprint density at radius 2 is 2.28 bits per heavy atom. The molecule has 1 saturated heterocycles. The number of urea groups is 1. The largest absolute Gasteiger partial charge is 0.344 e. The first-order valence-electron chi connectivity index (χ1n) is 8.33. The Morgan fingerprint density at radius 1 is 1.44 bits per heavy atom. The lowest BCUT2D eigenvalue weighted by atomic mass is 10.1. The Bertz CT molecular complexity index is 828. The Kier molecular flexibility index (Phi) is 4.24. The van der Waals surface area contributed by atoms with Crippen LogP contribution in [-0.2, 0) is 17.8 Å². The molecule has 0 aromatic carbocycles. The van der Waals surface area contributed by atoms with E-state index in [0.29, 0.717) is 26.1 Å². The fraction of sp³-hybridized carbons (Fsp3) is 0.471. The van der Waals surface area contributed by atoms with Gasteiger partial charge in [0.05, 0.1) is 21.6 Å². The van der Waals surface area contributed by atoms with Gasteiger partial charge in [-0.1, -0.05) is 0 Å². The fourth-order valence-corrected chi connectivity index (χ4v) is 5.15. The lowest BCUT2D eigenvalue weighted by Gasteiger charge is -2.28. The third-order valence-corrected chi connectivity index (χ3v) is 6.73. The molecule has 0 aliphatic carbocycles. The minimum atomic E-state index is -0.0811. The molecule has 1 fully saturated rings. The van der Waals surface area contributed by atoms with Gasteiger partial charge in [-0.2, -0.15) is 0 Å². The monoisotopic (exact) mass is 376 g/mol. The number of carbonyl (C=O) groups excluding carboxylic acids is 2. The molecular weight excluding hydrogens is 356 g/mol. The van der Waals surface area contributed by atoms with E-state index in [4.69, 9.17) is 0 Å². The highest BCUT2D eigenvalue weighted by Crippen LogP contribution is 2.35. The highest BCUT2D eigenvalue weighted by Gasteiger charge is 2.30. The molecule has 2 aliphatic heterocycles. The minimum absolute atomic E-state index is 0.0731. The smallest absolute Gasteiger partial charge is 0.318 e. The van der Waals surface area contributed by atoms with Crippen molar-refractivity contribution in [3.05, 3.63) is 26.9 Å². The summed E-state index contributed by atoms with van der Waals surface area (Å²) in [6.45, 7) is 3.94. The lowest BCUT2D eigenvalue weighted by Crippen LogP contribution is -2.47. The van der Waals surface area contributed by atoms with E-state index in [2.05, 4.69) is 21.7 Å². The summed E-state index contributed by atoms with van der Waals surface area (Å²) in [5.41, 5.74) is 2.25. The average molecular weight is 377 g/mol. The Labute approximate surface area is 154 Å². The molecule has 132 valence electrons. The van der Waals surface area contributed by atoms with E-state index in [1.807, 2.05) is 11.8 Å². The van der Waals surface area contributed by atoms with Crippen LogP contribution in [0.5, 0.6) is 0 Å². The van der Waals surface area contributed by atoms with E-state index in [1.54, 1.807) is 34.6 Å². The van der Waals surface area contributed by atoms with Crippen LogP contribution in [0.4, 0.5) is 4.79 Å². The second-order valence-corrected chi connectivity index (χ2v) is 8.81. The number of nitrogens with zero attached hydrogens (tertiary/aromatic N) is 3. The number of amides is 3. The van der Waals surface area contributed by atoms with Crippen LogP contribution in [0.1, 0.15) is 21.9 Å². The first-order chi connectivity index (χ1) is 12.0. The van der Waals surface area contributed by atoms with Crippen molar-refractivity contribution in [2.75, 3.05) is 20.1 Å². The van der Waals surface area contributed by atoms with E-state index < -0.39 is 0 Å². The van der Waals surface area contributed by atoms with E-state index in [9.17, 15) is 9.59 Å². The van der Waals surface area contributed by atoms with Crippen molar-refractivity contribution in [3.63, 3.8) is 0 Å². The summed E-state index contributed by atoms with van der Waals surface area (Å²) in [7, 11) is 1.77. The van der Waals surface area contributed by atoms with E-state index in [1.165, 1.54) is 15.3 Å². The molecule has 8 heteroatoms. The summed E-state index contributed by atoms with van der Waals surface area (Å²) >= 11 is 3.44. The number of likely N-dealkylation sites (N-methyl/N-ethyl adjacent to an activating group) is 1. The van der Waals surface area contributed by atoms with Crippen LogP contribution in [-0.4, -0.2) is 52.9 Å². The van der Waals surface area contributed by atoms with Gasteiger partial charge in [-0.25, -0.2) is 9.78 Å². The molecule has 4 heterocycles. The average Bonchev–Trinajstić information content (AvgIpc) is 3.26. The van der Waals surface area contributed by atoms with Crippen LogP contribution < -0.4 is 5.32 Å². The first kappa shape index (κ1) is 16.5. The minimum Gasteiger partial charge on any atom is -0.344 e. The number of nitrogens with one attached hydrogen (secondary N) is 1. The number of hydrogen-bond acceptors (Lipinski definition) is 5. The quantitative estimate of drug-likeness (QED) is 0.876. The normalized spacial score (nSPS) is 20.1. The number of aromatic nitrogens is 1. The summed E-state index contributed by atoms with van der Waals surface area (Å²) in [6, 6.07) is 2.01. The van der Waals surface area contributed by atoms with Gasteiger partial charge in [0.25, 0.3) is 0 Å². The van der Waals surface area contributed by atoms with Crippen molar-refractivity contribution in [2.45, 2.75) is 32.4 Å². The number of fused-ring (bicyclic) bond motifs is 1. The number of carbonyl (C=O) groups is 2. The third-order valence-electron chi connectivity index (χ3n) is 4.69. The Balaban J connectivity index is 1.43. The molecule has 4 rings (SSSR count). The highest BCUT2D eigenvalue weighted by molar-refractivity contribution is 7.16. The summed E-state index contributed by atoms with van der Waals surface area (Å²) in [5, 5.41) is 6.16. The van der Waals surface area contributed by atoms with Crippen molar-refractivity contribution in [1.82, 2.24) is 20.1 Å². The topological polar surface area (TPSA) is 65.5 Å². The third kappa shape index (κ3) is 3.28. The fourth-order valence-electron chi connectivity index (χ4n) is 3.34. The molecule has 1 N–H and O–H groups in total. The van der Waals surface area contributed by atoms with Gasteiger partial charge in [0.2, 0.25) is 5.91 Å². The van der Waals surface area contributed by atoms with Crippen LogP contribution in [0.25, 0.3) is 10.6 Å². The highest BCUT2D eigenvalue weighted by atomic mass is 32.1. The van der Waals surface area contributed by atoms with Crippen molar-refractivity contribution >= 4 is 34.6 Å². The van der Waals surface area contributed by atoms with Crippen LogP contribution in [0.15, 0.2) is 11.4 Å². The van der Waals surface area contributed by atoms with Crippen molar-refractivity contribution in [3.8, 4) is 10.6 Å². The second kappa shape index (κ2) is 6.42. The predicted molar refractivity (Wildman–Crippen MR) is 98.9 cm³/mol. The zero-order chi connectivity index (χ0) is 17.6. The van der Waals surface area contributed by atoms with Crippen molar-refractivity contribution in [1.29, 1.82) is 0 Å². The summed E-state index contributed by atoms with van der Waals surface area (Å²) in [4.78, 5) is 34.7. The molecule has 0 spiro atoms. The maximum atomic E-state index is 12.5. The SMILES string of the molecule is Cc1nc(-c2cc3c(s2)CCN(C(=O)NC2CC(=O)N(C)C2)C3)cs1. The number of aryl methyl sites for hydroxylation is 1. The van der Waals surface area contributed by atoms with Gasteiger partial charge in [-0.3, -0.25) is 4.79 Å². The van der Waals surface area contributed by atoms with Crippen LogP contribution >= 0.6 is 22.7 Å². The van der Waals surface area contributed by atoms with Crippen LogP contribution in [0.2, 0.25) is 0 Å². The van der Waals surface area contributed by atoms with Gasteiger partial charge in [-0.05, 0) is 25.0 Å². The molecule has 1 unspecified atom stereocenters. The van der Waals surface area contributed by atoms with Gasteiger partial charge in [0.15, 0.2) is 0 Å². The molecule has 3 amide bonds. The van der Waals surface area contributed by atoms with Crippen LogP contribution in [0.3, 0.4) is 0 Å². The van der Waals surface area contributed by atoms with E-state index >= 15 is 0 Å². The molecule has 0 saturated carbocycles. The zero-order valence-electron chi connectivity index (χ0n) is 14.2. The Morgan fingerprint density at radius 3 is 2.96 bits per heavy atom. The summed E-state index contributed by atoms with van der Waals surface area (Å²) in [5.74, 6) is 0.0901. The number of thiazole rings is 1. The van der Waals surface area contributed by atoms with Crippen LogP contribution in [0, 0.1) is 6.92 Å². The van der Waals surface area contributed by atoms with Crippen molar-refractivity contribution in [2.24, 2.45) is 0 Å². The van der Waals surface area contributed by atoms with Gasteiger partial charge in [-0.15, -0.1) is 22.7 Å². The molecule has 2 aromatic rings. The number of likely N-dealkylation sites (tertiary alicyclic amines) is 1. The molecule has 2 aromatic heterocycles. The summed E-state index contributed by atoms with van der Waals surface area (Å²) < 4.78 is 0.